The molecular formula is C17H21N5O3. The largest absolute Gasteiger partial charge is 0.497 e. The summed E-state index contributed by atoms with van der Waals surface area (Å²) in [5.41, 5.74) is 0.756. The second kappa shape index (κ2) is 7.69. The Bertz CT molecular complexity index is 732. The Morgan fingerprint density at radius 1 is 1.12 bits per heavy atom. The molecule has 1 saturated heterocycles. The number of hydrogen-bond donors (Lipinski definition) is 1. The molecule has 0 radical (unpaired) electrons. The Labute approximate surface area is 146 Å². The van der Waals surface area contributed by atoms with Crippen molar-refractivity contribution >= 4 is 23.9 Å². The molecule has 1 amide bonds. The molecule has 0 saturated carbocycles. The third-order valence-electron chi connectivity index (χ3n) is 4.08. The highest BCUT2D eigenvalue weighted by molar-refractivity contribution is 5.65. The van der Waals surface area contributed by atoms with Gasteiger partial charge in [-0.1, -0.05) is 0 Å². The van der Waals surface area contributed by atoms with Crippen LogP contribution in [-0.2, 0) is 4.79 Å². The fourth-order valence-electron chi connectivity index (χ4n) is 2.66. The number of rotatable bonds is 6. The van der Waals surface area contributed by atoms with Crippen LogP contribution in [0.4, 0.5) is 17.5 Å². The van der Waals surface area contributed by atoms with Crippen molar-refractivity contribution in [3.63, 3.8) is 0 Å². The molecule has 3 rings (SSSR count). The van der Waals surface area contributed by atoms with E-state index in [0.717, 1.165) is 31.0 Å². The molecule has 8 heteroatoms. The van der Waals surface area contributed by atoms with Crippen LogP contribution in [0, 0.1) is 0 Å². The molecule has 2 aromatic rings. The van der Waals surface area contributed by atoms with Gasteiger partial charge in [0, 0.05) is 38.4 Å². The molecule has 0 atom stereocenters. The fourth-order valence-corrected chi connectivity index (χ4v) is 2.66. The molecular weight excluding hydrogens is 322 g/mol. The van der Waals surface area contributed by atoms with Gasteiger partial charge in [-0.3, -0.25) is 4.79 Å². The average molecular weight is 343 g/mol. The number of benzene rings is 1. The van der Waals surface area contributed by atoms with Gasteiger partial charge in [-0.25, -0.2) is 4.98 Å². The minimum Gasteiger partial charge on any atom is -0.497 e. The highest BCUT2D eigenvalue weighted by Gasteiger charge is 2.17. The fraction of sp³-hybridized carbons (Fsp3) is 0.353. The van der Waals surface area contributed by atoms with Gasteiger partial charge in [-0.15, -0.1) is 0 Å². The van der Waals surface area contributed by atoms with Gasteiger partial charge in [0.1, 0.15) is 17.3 Å². The van der Waals surface area contributed by atoms with Crippen molar-refractivity contribution in [3.05, 3.63) is 30.5 Å². The minimum atomic E-state index is 0.485. The van der Waals surface area contributed by atoms with Crippen molar-refractivity contribution < 1.29 is 14.3 Å². The summed E-state index contributed by atoms with van der Waals surface area (Å²) < 4.78 is 10.6. The maximum atomic E-state index is 10.8. The van der Waals surface area contributed by atoms with Crippen molar-refractivity contribution in [2.75, 3.05) is 50.6 Å². The van der Waals surface area contributed by atoms with Gasteiger partial charge < -0.3 is 24.6 Å². The number of amides is 1. The van der Waals surface area contributed by atoms with Crippen LogP contribution in [0.2, 0.25) is 0 Å². The lowest BCUT2D eigenvalue weighted by atomic mass is 10.2. The SMILES string of the molecule is COc1ccc(Nc2nccc(N3CCN(C=O)CC3)n2)c(OC)c1. The second-order valence-corrected chi connectivity index (χ2v) is 5.56. The van der Waals surface area contributed by atoms with Crippen LogP contribution in [0.25, 0.3) is 0 Å². The quantitative estimate of drug-likeness (QED) is 0.797. The maximum Gasteiger partial charge on any atom is 0.229 e. The Morgan fingerprint density at radius 3 is 2.60 bits per heavy atom. The van der Waals surface area contributed by atoms with E-state index in [1.807, 2.05) is 18.2 Å². The van der Waals surface area contributed by atoms with Gasteiger partial charge in [-0.05, 0) is 18.2 Å². The zero-order chi connectivity index (χ0) is 17.6. The zero-order valence-electron chi connectivity index (χ0n) is 14.3. The molecule has 8 nitrogen and oxygen atoms in total. The number of nitrogens with zero attached hydrogens (tertiary/aromatic N) is 4. The zero-order valence-corrected chi connectivity index (χ0v) is 14.3. The predicted molar refractivity (Wildman–Crippen MR) is 94.7 cm³/mol. The van der Waals surface area contributed by atoms with E-state index in [1.54, 1.807) is 31.4 Å². The van der Waals surface area contributed by atoms with Gasteiger partial charge in [0.2, 0.25) is 12.4 Å². The van der Waals surface area contributed by atoms with E-state index in [9.17, 15) is 4.79 Å². The number of carbonyl (C=O) groups is 1. The Balaban J connectivity index is 1.75. The summed E-state index contributed by atoms with van der Waals surface area (Å²) in [4.78, 5) is 23.6. The first kappa shape index (κ1) is 16.8. The number of ether oxygens (including phenoxy) is 2. The van der Waals surface area contributed by atoms with Gasteiger partial charge in [0.05, 0.1) is 19.9 Å². The standard InChI is InChI=1S/C17H21N5O3/c1-24-13-3-4-14(15(11-13)25-2)19-17-18-6-5-16(20-17)22-9-7-21(12-23)8-10-22/h3-6,11-12H,7-10H2,1-2H3,(H,18,19,20). The smallest absolute Gasteiger partial charge is 0.229 e. The van der Waals surface area contributed by atoms with Crippen LogP contribution in [0.1, 0.15) is 0 Å². The van der Waals surface area contributed by atoms with Crippen molar-refractivity contribution in [3.8, 4) is 11.5 Å². The summed E-state index contributed by atoms with van der Waals surface area (Å²) in [6, 6.07) is 7.36. The summed E-state index contributed by atoms with van der Waals surface area (Å²) >= 11 is 0. The number of anilines is 3. The summed E-state index contributed by atoms with van der Waals surface area (Å²) in [5, 5.41) is 3.18. The van der Waals surface area contributed by atoms with E-state index in [0.29, 0.717) is 30.5 Å². The Morgan fingerprint density at radius 2 is 1.92 bits per heavy atom. The van der Waals surface area contributed by atoms with Crippen molar-refractivity contribution in [2.24, 2.45) is 0 Å². The molecule has 0 aliphatic carbocycles. The van der Waals surface area contributed by atoms with Crippen LogP contribution < -0.4 is 19.7 Å². The molecule has 0 spiro atoms. The van der Waals surface area contributed by atoms with Crippen molar-refractivity contribution in [1.82, 2.24) is 14.9 Å². The molecule has 0 unspecified atom stereocenters. The third kappa shape index (κ3) is 3.90. The number of carbonyl (C=O) groups excluding carboxylic acids is 1. The Hall–Kier alpha value is -3.03. The van der Waals surface area contributed by atoms with E-state index in [-0.39, 0.29) is 0 Å². The van der Waals surface area contributed by atoms with E-state index < -0.39 is 0 Å². The van der Waals surface area contributed by atoms with Crippen LogP contribution in [0.5, 0.6) is 11.5 Å². The number of methoxy groups -OCH3 is 2. The lowest BCUT2D eigenvalue weighted by Crippen LogP contribution is -2.46. The minimum absolute atomic E-state index is 0.485. The molecule has 1 aliphatic heterocycles. The first-order chi connectivity index (χ1) is 12.2. The van der Waals surface area contributed by atoms with Crippen molar-refractivity contribution in [2.45, 2.75) is 0 Å². The number of hydrogen-bond acceptors (Lipinski definition) is 7. The topological polar surface area (TPSA) is 79.8 Å². The van der Waals surface area contributed by atoms with Crippen LogP contribution in [-0.4, -0.2) is 61.7 Å². The lowest BCUT2D eigenvalue weighted by molar-refractivity contribution is -0.118. The van der Waals surface area contributed by atoms with E-state index in [1.165, 1.54) is 0 Å². The second-order valence-electron chi connectivity index (χ2n) is 5.56. The van der Waals surface area contributed by atoms with E-state index in [2.05, 4.69) is 20.2 Å². The molecule has 25 heavy (non-hydrogen) atoms. The number of nitrogens with one attached hydrogen (secondary N) is 1. The molecule has 2 heterocycles. The number of piperazine rings is 1. The molecule has 1 fully saturated rings. The number of aromatic nitrogens is 2. The Kier molecular flexibility index (Phi) is 5.17. The van der Waals surface area contributed by atoms with Crippen LogP contribution >= 0.6 is 0 Å². The normalized spacial score (nSPS) is 14.2. The van der Waals surface area contributed by atoms with E-state index in [4.69, 9.17) is 9.47 Å². The first-order valence-electron chi connectivity index (χ1n) is 8.00. The molecule has 132 valence electrons. The molecule has 1 aromatic carbocycles. The molecule has 0 bridgehead atoms. The monoisotopic (exact) mass is 343 g/mol. The summed E-state index contributed by atoms with van der Waals surface area (Å²) in [6.45, 7) is 2.90. The van der Waals surface area contributed by atoms with E-state index >= 15 is 0 Å². The maximum absolute atomic E-state index is 10.8. The van der Waals surface area contributed by atoms with Crippen molar-refractivity contribution in [1.29, 1.82) is 0 Å². The summed E-state index contributed by atoms with van der Waals surface area (Å²) in [6.07, 6.45) is 2.60. The third-order valence-corrected chi connectivity index (χ3v) is 4.08. The summed E-state index contributed by atoms with van der Waals surface area (Å²) in [7, 11) is 3.21. The van der Waals surface area contributed by atoms with Gasteiger partial charge in [-0.2, -0.15) is 4.98 Å². The average Bonchev–Trinajstić information content (AvgIpc) is 2.68. The molecule has 1 aliphatic rings. The van der Waals surface area contributed by atoms with Gasteiger partial charge in [0.25, 0.3) is 0 Å². The van der Waals surface area contributed by atoms with Gasteiger partial charge in [0.15, 0.2) is 0 Å². The highest BCUT2D eigenvalue weighted by Crippen LogP contribution is 2.30. The van der Waals surface area contributed by atoms with Crippen LogP contribution in [0.3, 0.4) is 0 Å². The highest BCUT2D eigenvalue weighted by atomic mass is 16.5. The first-order valence-corrected chi connectivity index (χ1v) is 8.00. The molecule has 1 aromatic heterocycles. The van der Waals surface area contributed by atoms with Crippen LogP contribution in [0.15, 0.2) is 30.5 Å². The summed E-state index contributed by atoms with van der Waals surface area (Å²) in [5.74, 6) is 2.67. The lowest BCUT2D eigenvalue weighted by Gasteiger charge is -2.33. The molecule has 1 N–H and O–H groups in total. The van der Waals surface area contributed by atoms with Gasteiger partial charge >= 0.3 is 0 Å². The predicted octanol–water partition coefficient (Wildman–Crippen LogP) is 1.52.